The molecule has 6 heterocycles. The van der Waals surface area contributed by atoms with Crippen molar-refractivity contribution in [3.05, 3.63) is 387 Å². The molecule has 0 atom stereocenters. The van der Waals surface area contributed by atoms with Crippen LogP contribution in [0.5, 0.6) is 0 Å². The van der Waals surface area contributed by atoms with Gasteiger partial charge < -0.3 is 27.9 Å². The van der Waals surface area contributed by atoms with Gasteiger partial charge in [-0.25, -0.2) is 0 Å². The zero-order chi connectivity index (χ0) is 81.5. The summed E-state index contributed by atoms with van der Waals surface area (Å²) in [6.07, 6.45) is 0. The molecular weight excluding hydrogens is 1470 g/mol. The van der Waals surface area contributed by atoms with Crippen LogP contribution < -0.4 is 26.2 Å². The summed E-state index contributed by atoms with van der Waals surface area (Å²) in [5, 5.41) is 9.41. The van der Waals surface area contributed by atoms with Gasteiger partial charge in [-0.15, -0.1) is 0 Å². The summed E-state index contributed by atoms with van der Waals surface area (Å²) in [6.45, 7) is 20.7. The van der Waals surface area contributed by atoms with E-state index in [1.807, 2.05) is 0 Å². The van der Waals surface area contributed by atoms with E-state index in [2.05, 4.69) is 456 Å². The van der Waals surface area contributed by atoms with Crippen molar-refractivity contribution in [2.45, 2.75) is 78.6 Å². The molecule has 2 aliphatic heterocycles. The summed E-state index contributed by atoms with van der Waals surface area (Å²) in [4.78, 5) is 5.43. The minimum atomic E-state index is -0.337. The molecular formula is C114H88BN5O. The second-order valence-electron chi connectivity index (χ2n) is 36.3. The summed E-state index contributed by atoms with van der Waals surface area (Å²) >= 11 is 0. The number of rotatable bonds is 10. The number of para-hydroxylation sites is 6. The van der Waals surface area contributed by atoms with E-state index in [1.165, 1.54) is 65.4 Å². The van der Waals surface area contributed by atoms with E-state index in [9.17, 15) is 0 Å². The number of aromatic nitrogens is 3. The van der Waals surface area contributed by atoms with Gasteiger partial charge in [0.05, 0.1) is 50.2 Å². The Morgan fingerprint density at radius 2 is 0.636 bits per heavy atom. The van der Waals surface area contributed by atoms with Crippen molar-refractivity contribution in [3.63, 3.8) is 0 Å². The number of furan rings is 1. The number of nitrogens with zero attached hydrogens (tertiary/aromatic N) is 5. The average Bonchev–Trinajstić information content (AvgIpc) is 1.04. The van der Waals surface area contributed by atoms with Gasteiger partial charge in [-0.2, -0.15) is 0 Å². The maximum Gasteiger partial charge on any atom is 0.252 e. The fourth-order valence-corrected chi connectivity index (χ4v) is 20.3. The molecule has 0 spiro atoms. The lowest BCUT2D eigenvalue weighted by molar-refractivity contribution is 0.590. The molecule has 2 aliphatic rings. The number of hydrogen-bond donors (Lipinski definition) is 0. The topological polar surface area (TPSA) is 34.4 Å². The molecule has 0 unspecified atom stereocenters. The first-order valence-corrected chi connectivity index (χ1v) is 42.6. The molecule has 0 fully saturated rings. The highest BCUT2D eigenvalue weighted by molar-refractivity contribution is 7.00. The highest BCUT2D eigenvalue weighted by atomic mass is 16.3. The van der Waals surface area contributed by atoms with Crippen LogP contribution in [0.3, 0.4) is 0 Å². The van der Waals surface area contributed by atoms with Crippen molar-refractivity contribution in [2.75, 3.05) is 9.80 Å². The van der Waals surface area contributed by atoms with Crippen LogP contribution in [-0.4, -0.2) is 20.4 Å². The van der Waals surface area contributed by atoms with Gasteiger partial charge in [-0.1, -0.05) is 317 Å². The Kier molecular flexibility index (Phi) is 16.1. The number of anilines is 6. The largest absolute Gasteiger partial charge is 0.456 e. The maximum atomic E-state index is 6.96. The third-order valence-electron chi connectivity index (χ3n) is 26.1. The van der Waals surface area contributed by atoms with Gasteiger partial charge in [-0.3, -0.25) is 0 Å². The lowest BCUT2D eigenvalue weighted by Gasteiger charge is -2.46. The van der Waals surface area contributed by atoms with E-state index in [0.717, 1.165) is 162 Å². The number of fused-ring (bicyclic) bond motifs is 16. The summed E-state index contributed by atoms with van der Waals surface area (Å²) in [6, 6.07) is 141. The van der Waals surface area contributed by atoms with Crippen LogP contribution >= 0.6 is 0 Å². The minimum absolute atomic E-state index is 0.0922. The molecule has 0 bridgehead atoms. The van der Waals surface area contributed by atoms with Crippen LogP contribution in [0, 0.1) is 0 Å². The molecule has 4 aromatic heterocycles. The molecule has 23 rings (SSSR count). The molecule has 0 amide bonds. The van der Waals surface area contributed by atoms with Gasteiger partial charge >= 0.3 is 0 Å². The Morgan fingerprint density at radius 3 is 1.16 bits per heavy atom. The van der Waals surface area contributed by atoms with Gasteiger partial charge in [0.25, 0.3) is 6.71 Å². The number of benzene rings is 17. The normalized spacial score (nSPS) is 13.0. The van der Waals surface area contributed by atoms with Crippen molar-refractivity contribution >= 4 is 145 Å². The predicted molar refractivity (Wildman–Crippen MR) is 514 cm³/mol. The smallest absolute Gasteiger partial charge is 0.252 e. The zero-order valence-electron chi connectivity index (χ0n) is 69.4. The van der Waals surface area contributed by atoms with Crippen LogP contribution in [0.2, 0.25) is 0 Å². The Morgan fingerprint density at radius 1 is 0.240 bits per heavy atom. The molecule has 0 saturated heterocycles. The van der Waals surface area contributed by atoms with Crippen LogP contribution in [0.1, 0.15) is 79.0 Å². The third kappa shape index (κ3) is 11.2. The van der Waals surface area contributed by atoms with Crippen molar-refractivity contribution < 1.29 is 4.42 Å². The van der Waals surface area contributed by atoms with Crippen molar-refractivity contribution in [1.29, 1.82) is 0 Å². The molecule has 121 heavy (non-hydrogen) atoms. The number of hydrogen-bond acceptors (Lipinski definition) is 3. The second kappa shape index (κ2) is 27.1. The highest BCUT2D eigenvalue weighted by Gasteiger charge is 2.46. The zero-order valence-corrected chi connectivity index (χ0v) is 69.4. The van der Waals surface area contributed by atoms with Gasteiger partial charge in [0.15, 0.2) is 0 Å². The van der Waals surface area contributed by atoms with Crippen LogP contribution in [0.15, 0.2) is 374 Å². The fraction of sp³-hybridized carbons (Fsp3) is 0.105. The first-order valence-electron chi connectivity index (χ1n) is 42.6. The standard InChI is InChI=1S/C114H88BN5O/c1-112(2,3)75-54-61-98(89(66-75)73-36-17-12-18-37-73)119-102-69-78(116-94-47-24-19-38-82(94)83-39-20-25-48-95(83)116)57-59-92(102)115-93-60-58-79(117-99-62-55-76(113(4,5)6)67-90(99)91-68-77(114(7,8)9)56-63-100(91)117)70-103(93)120(111-80(71-32-13-10-14-33-71)43-29-44-81(111)72-34-15-11-16-35-72)105-65-74(64-104(119)110(105)115)108-86(87-46-31-53-107-109(87)88-42-23-28-52-106(88)121-107)45-30-51-101(108)118-96-49-26-21-40-84(96)85-41-22-27-50-97(85)118/h10-70H,1-9H3. The first-order chi connectivity index (χ1) is 59.0. The Hall–Kier alpha value is -14.4. The predicted octanol–water partition coefficient (Wildman–Crippen LogP) is 29.2. The van der Waals surface area contributed by atoms with Gasteiger partial charge in [0, 0.05) is 99.5 Å². The van der Waals surface area contributed by atoms with E-state index >= 15 is 0 Å². The van der Waals surface area contributed by atoms with Crippen LogP contribution in [-0.2, 0) is 16.2 Å². The molecule has 0 aliphatic carbocycles. The van der Waals surface area contributed by atoms with E-state index in [4.69, 9.17) is 4.42 Å². The molecule has 7 heteroatoms. The molecule has 0 N–H and O–H groups in total. The fourth-order valence-electron chi connectivity index (χ4n) is 20.3. The molecule has 17 aromatic carbocycles. The highest BCUT2D eigenvalue weighted by Crippen LogP contribution is 2.56. The van der Waals surface area contributed by atoms with E-state index in [0.29, 0.717) is 0 Å². The molecule has 21 aromatic rings. The summed E-state index contributed by atoms with van der Waals surface area (Å²) in [5.74, 6) is 0. The molecule has 6 nitrogen and oxygen atoms in total. The lowest BCUT2D eigenvalue weighted by atomic mass is 9.33. The molecule has 0 radical (unpaired) electrons. The van der Waals surface area contributed by atoms with E-state index in [1.54, 1.807) is 0 Å². The molecule has 0 saturated carbocycles. The second-order valence-corrected chi connectivity index (χ2v) is 36.3. The van der Waals surface area contributed by atoms with Crippen LogP contribution in [0.4, 0.5) is 34.1 Å². The van der Waals surface area contributed by atoms with E-state index < -0.39 is 0 Å². The van der Waals surface area contributed by atoms with Crippen LogP contribution in [0.25, 0.3) is 160 Å². The van der Waals surface area contributed by atoms with Crippen molar-refractivity contribution in [2.24, 2.45) is 0 Å². The van der Waals surface area contributed by atoms with E-state index in [-0.39, 0.29) is 23.0 Å². The Labute approximate surface area is 705 Å². The SMILES string of the molecule is CC(C)(C)c1ccc(N2c3cc(-n4c5ccccc5c5ccccc54)ccc3B3c4ccc(-n5c6ccc(C(C)(C)C)cc6c6cc(C(C)(C)C)ccc65)cc4N(c4c(-c5ccccc5)cccc4-c4ccccc4)c4cc(-c5c(-c6cccc7oc8ccccc8c67)cccc5-n5c6ccccc6c6ccccc65)cc2c43)c(-c2ccccc2)c1. The summed E-state index contributed by atoms with van der Waals surface area (Å²) < 4.78 is 14.6. The Balaban J connectivity index is 0.928. The summed E-state index contributed by atoms with van der Waals surface area (Å²) in [5.41, 5.74) is 36.2. The van der Waals surface area contributed by atoms with Crippen molar-refractivity contribution in [3.8, 4) is 72.7 Å². The quantitative estimate of drug-likeness (QED) is 0.128. The third-order valence-corrected chi connectivity index (χ3v) is 26.1. The average molecular weight is 1550 g/mol. The lowest BCUT2D eigenvalue weighted by Crippen LogP contribution is -2.61. The van der Waals surface area contributed by atoms with Gasteiger partial charge in [-0.05, 0) is 198 Å². The molecule has 578 valence electrons. The maximum absolute atomic E-state index is 6.96. The minimum Gasteiger partial charge on any atom is -0.456 e. The summed E-state index contributed by atoms with van der Waals surface area (Å²) in [7, 11) is 0. The van der Waals surface area contributed by atoms with Gasteiger partial charge in [0.1, 0.15) is 11.2 Å². The first kappa shape index (κ1) is 71.9. The Bertz CT molecular complexity index is 7610. The van der Waals surface area contributed by atoms with Crippen molar-refractivity contribution in [1.82, 2.24) is 13.7 Å². The van der Waals surface area contributed by atoms with Gasteiger partial charge in [0.2, 0.25) is 0 Å². The monoisotopic (exact) mass is 1550 g/mol.